The number of hydrogen-bond acceptors (Lipinski definition) is 3. The Bertz CT molecular complexity index is 1290. The van der Waals surface area contributed by atoms with Gasteiger partial charge in [-0.05, 0) is 47.9 Å². The quantitative estimate of drug-likeness (QED) is 0.469. The minimum atomic E-state index is -4.66. The van der Waals surface area contributed by atoms with E-state index in [0.717, 1.165) is 29.8 Å². The number of allylic oxidation sites excluding steroid dienone is 4. The van der Waals surface area contributed by atoms with Crippen LogP contribution in [0.5, 0.6) is 0 Å². The summed E-state index contributed by atoms with van der Waals surface area (Å²) in [5.74, 6) is 0. The van der Waals surface area contributed by atoms with Crippen molar-refractivity contribution in [2.45, 2.75) is 13.1 Å². The first kappa shape index (κ1) is 21.1. The third kappa shape index (κ3) is 3.91. The van der Waals surface area contributed by atoms with Crippen molar-refractivity contribution in [3.63, 3.8) is 0 Å². The van der Waals surface area contributed by atoms with Gasteiger partial charge < -0.3 is 0 Å². The fraction of sp³-hybridized carbons (Fsp3) is 0.0909. The molecule has 0 aliphatic carbocycles. The molecule has 0 amide bonds. The molecule has 0 aromatic heterocycles. The van der Waals surface area contributed by atoms with Gasteiger partial charge in [-0.15, -0.1) is 0 Å². The molecule has 8 heteroatoms. The Hall–Kier alpha value is -3.62. The van der Waals surface area contributed by atoms with Gasteiger partial charge in [0, 0.05) is 0 Å². The molecule has 0 atom stereocenters. The van der Waals surface area contributed by atoms with E-state index in [9.17, 15) is 26.9 Å². The molecule has 3 rings (SSSR count). The Morgan fingerprint density at radius 1 is 1.03 bits per heavy atom. The molecule has 1 aliphatic rings. The molecule has 150 valence electrons. The second-order valence-electron chi connectivity index (χ2n) is 6.49. The molecule has 0 radical (unpaired) electrons. The summed E-state index contributed by atoms with van der Waals surface area (Å²) in [4.78, 5) is 2.51. The van der Waals surface area contributed by atoms with Crippen molar-refractivity contribution >= 4 is 19.6 Å². The fourth-order valence-electron chi connectivity index (χ4n) is 2.93. The van der Waals surface area contributed by atoms with Crippen molar-refractivity contribution in [2.75, 3.05) is 0 Å². The average molecular weight is 426 g/mol. The normalized spacial score (nSPS) is 17.3. The molecule has 0 spiro atoms. The van der Waals surface area contributed by atoms with Crippen molar-refractivity contribution in [3.05, 3.63) is 106 Å². The number of rotatable bonds is 2. The maximum Gasteiger partial charge on any atom is 0.416 e. The van der Waals surface area contributed by atoms with E-state index < -0.39 is 26.5 Å². The highest BCUT2D eigenvalue weighted by Crippen LogP contribution is 2.40. The van der Waals surface area contributed by atoms with Crippen LogP contribution in [0.25, 0.3) is 14.7 Å². The third-order valence-electron chi connectivity index (χ3n) is 4.45. The van der Waals surface area contributed by atoms with Crippen molar-refractivity contribution < 1.29 is 21.6 Å². The molecule has 4 nitrogen and oxygen atoms in total. The summed E-state index contributed by atoms with van der Waals surface area (Å²) in [6, 6.07) is 12.2. The zero-order valence-electron chi connectivity index (χ0n) is 15.5. The molecule has 2 aromatic carbocycles. The maximum absolute atomic E-state index is 13.3. The van der Waals surface area contributed by atoms with E-state index in [0.29, 0.717) is 5.56 Å². The first-order valence-corrected chi connectivity index (χ1v) is 10.0. The number of nitrogens with zero attached hydrogens (tertiary/aromatic N) is 2. The third-order valence-corrected chi connectivity index (χ3v) is 6.32. The Morgan fingerprint density at radius 3 is 2.17 bits per heavy atom. The second-order valence-corrected chi connectivity index (χ2v) is 8.38. The molecular weight excluding hydrogens is 413 g/mol. The maximum atomic E-state index is 13.3. The van der Waals surface area contributed by atoms with Crippen LogP contribution in [0.1, 0.15) is 22.3 Å². The number of hydrogen-bond donors (Lipinski definition) is 0. The molecule has 0 fully saturated rings. The molecule has 0 N–H and O–H groups in total. The van der Waals surface area contributed by atoms with Crippen molar-refractivity contribution in [1.82, 2.24) is 0 Å². The first-order chi connectivity index (χ1) is 14.1. The lowest BCUT2D eigenvalue weighted by Crippen LogP contribution is -2.12. The van der Waals surface area contributed by atoms with Crippen LogP contribution in [0.15, 0.2) is 72.0 Å². The zero-order chi connectivity index (χ0) is 22.1. The van der Waals surface area contributed by atoms with Gasteiger partial charge in [0.2, 0.25) is 9.84 Å². The van der Waals surface area contributed by atoms with E-state index in [2.05, 4.69) is 4.85 Å². The standard InChI is InChI=1S/C22H13F3N2O2S/c1-14-6-8-15(9-7-14)20-11-17(19(13-26)27-2)12-21(30(20,28)29)16-4-3-5-18(10-16)22(23,24)25/h3-12H,1H3/b19-17-. The zero-order valence-corrected chi connectivity index (χ0v) is 16.3. The minimum absolute atomic E-state index is 0.0188. The van der Waals surface area contributed by atoms with Crippen LogP contribution in [-0.2, 0) is 16.0 Å². The SMILES string of the molecule is [C-]#[N+]/C(C#N)=C1/C=C(c2ccc(C)cc2)S(=O)(=O)C(c2cccc(C(F)(F)F)c2)=C1. The summed E-state index contributed by atoms with van der Waals surface area (Å²) in [5, 5.41) is 9.23. The molecule has 1 heterocycles. The van der Waals surface area contributed by atoms with Crippen LogP contribution in [0, 0.1) is 24.8 Å². The van der Waals surface area contributed by atoms with Gasteiger partial charge in [-0.1, -0.05) is 42.0 Å². The number of sulfone groups is 1. The van der Waals surface area contributed by atoms with Crippen LogP contribution in [-0.4, -0.2) is 8.42 Å². The average Bonchev–Trinajstić information content (AvgIpc) is 2.70. The number of benzene rings is 2. The van der Waals surface area contributed by atoms with E-state index >= 15 is 0 Å². The Kier molecular flexibility index (Phi) is 5.39. The minimum Gasteiger partial charge on any atom is -0.226 e. The number of alkyl halides is 3. The van der Waals surface area contributed by atoms with Gasteiger partial charge in [-0.3, -0.25) is 0 Å². The molecule has 0 bridgehead atoms. The predicted octanol–water partition coefficient (Wildman–Crippen LogP) is 5.52. The Balaban J connectivity index is 2.31. The Morgan fingerprint density at radius 2 is 1.63 bits per heavy atom. The van der Waals surface area contributed by atoms with Crippen molar-refractivity contribution in [3.8, 4) is 6.07 Å². The lowest BCUT2D eigenvalue weighted by molar-refractivity contribution is -0.137. The van der Waals surface area contributed by atoms with Gasteiger partial charge in [-0.25, -0.2) is 18.5 Å². The van der Waals surface area contributed by atoms with Gasteiger partial charge in [-0.2, -0.15) is 13.2 Å². The van der Waals surface area contributed by atoms with Gasteiger partial charge in [0.1, 0.15) is 0 Å². The summed E-state index contributed by atoms with van der Waals surface area (Å²) in [5.41, 5.74) is -0.334. The van der Waals surface area contributed by atoms with Crippen LogP contribution in [0.3, 0.4) is 0 Å². The lowest BCUT2D eigenvalue weighted by Gasteiger charge is -2.19. The summed E-state index contributed by atoms with van der Waals surface area (Å²) < 4.78 is 66.1. The molecule has 30 heavy (non-hydrogen) atoms. The first-order valence-electron chi connectivity index (χ1n) is 8.53. The Labute approximate surface area is 171 Å². The topological polar surface area (TPSA) is 62.3 Å². The van der Waals surface area contributed by atoms with Crippen molar-refractivity contribution in [1.29, 1.82) is 5.26 Å². The molecule has 2 aromatic rings. The van der Waals surface area contributed by atoms with E-state index in [1.165, 1.54) is 12.1 Å². The predicted molar refractivity (Wildman–Crippen MR) is 107 cm³/mol. The highest BCUT2D eigenvalue weighted by atomic mass is 32.2. The molecule has 0 unspecified atom stereocenters. The van der Waals surface area contributed by atoms with E-state index in [-0.39, 0.29) is 21.7 Å². The van der Waals surface area contributed by atoms with Crippen LogP contribution < -0.4 is 0 Å². The van der Waals surface area contributed by atoms with E-state index in [1.807, 2.05) is 6.92 Å². The molecule has 0 saturated carbocycles. The number of nitriles is 1. The summed E-state index contributed by atoms with van der Waals surface area (Å²) in [7, 11) is -4.22. The van der Waals surface area contributed by atoms with Crippen molar-refractivity contribution in [2.24, 2.45) is 0 Å². The lowest BCUT2D eigenvalue weighted by atomic mass is 10.1. The second kappa shape index (κ2) is 7.66. The van der Waals surface area contributed by atoms with Gasteiger partial charge in [0.05, 0.1) is 28.0 Å². The molecule has 1 aliphatic heterocycles. The smallest absolute Gasteiger partial charge is 0.226 e. The summed E-state index contributed by atoms with van der Waals surface area (Å²) in [6.07, 6.45) is -2.38. The molecule has 0 saturated heterocycles. The van der Waals surface area contributed by atoms with Crippen LogP contribution in [0.4, 0.5) is 13.2 Å². The highest BCUT2D eigenvalue weighted by Gasteiger charge is 2.34. The number of aryl methyl sites for hydroxylation is 1. The van der Waals surface area contributed by atoms with Crippen LogP contribution in [0.2, 0.25) is 0 Å². The largest absolute Gasteiger partial charge is 0.416 e. The monoisotopic (exact) mass is 426 g/mol. The van der Waals surface area contributed by atoms with Gasteiger partial charge in [0.15, 0.2) is 0 Å². The van der Waals surface area contributed by atoms with Gasteiger partial charge in [0.25, 0.3) is 5.70 Å². The van der Waals surface area contributed by atoms with Gasteiger partial charge >= 0.3 is 6.18 Å². The van der Waals surface area contributed by atoms with E-state index in [1.54, 1.807) is 30.3 Å². The van der Waals surface area contributed by atoms with Crippen LogP contribution >= 0.6 is 0 Å². The molecular formula is C22H13F3N2O2S. The summed E-state index contributed by atoms with van der Waals surface area (Å²) in [6.45, 7) is 8.99. The fourth-order valence-corrected chi connectivity index (χ4v) is 4.62. The number of halogens is 3. The van der Waals surface area contributed by atoms with E-state index in [4.69, 9.17) is 6.57 Å². The summed E-state index contributed by atoms with van der Waals surface area (Å²) >= 11 is 0. The highest BCUT2D eigenvalue weighted by molar-refractivity contribution is 8.09.